The third kappa shape index (κ3) is 5.32. The van der Waals surface area contributed by atoms with Crippen LogP contribution in [0.25, 0.3) is 22.2 Å². The van der Waals surface area contributed by atoms with Crippen molar-refractivity contribution in [3.8, 4) is 17.2 Å². The highest BCUT2D eigenvalue weighted by Gasteiger charge is 2.28. The van der Waals surface area contributed by atoms with Gasteiger partial charge < -0.3 is 15.2 Å². The van der Waals surface area contributed by atoms with Gasteiger partial charge in [0.1, 0.15) is 17.8 Å². The Balaban J connectivity index is 1.54. The van der Waals surface area contributed by atoms with Crippen LogP contribution in [0, 0.1) is 30.0 Å². The quantitative estimate of drug-likeness (QED) is 0.538. The summed E-state index contributed by atoms with van der Waals surface area (Å²) in [5.41, 5.74) is 3.36. The Bertz CT molecular complexity index is 1310. The molecule has 1 aromatic carbocycles. The summed E-state index contributed by atoms with van der Waals surface area (Å²) in [7, 11) is 0. The molecule has 2 amide bonds. The number of rotatable bonds is 6. The minimum absolute atomic E-state index is 0.123. The number of nitrogens with one attached hydrogen (secondary N) is 2. The highest BCUT2D eigenvalue weighted by atomic mass is 19.1. The zero-order valence-corrected chi connectivity index (χ0v) is 20.1. The van der Waals surface area contributed by atoms with E-state index < -0.39 is 5.82 Å². The van der Waals surface area contributed by atoms with E-state index in [2.05, 4.69) is 20.6 Å². The second-order valence-corrected chi connectivity index (χ2v) is 9.41. The molecule has 4 rings (SSSR count). The SMILES string of the molecule is Cc1cnc(NC(=O)C2CCCC(NC(=O)CC#N)C2)cc1-c1cc(F)c2ncn(C(C)C)c2c1. The number of carbonyl (C=O) groups excluding carboxylic acids is 2. The minimum Gasteiger partial charge on any atom is -0.352 e. The Kier molecular flexibility index (Phi) is 7.10. The van der Waals surface area contributed by atoms with Gasteiger partial charge in [0.25, 0.3) is 0 Å². The first-order valence-corrected chi connectivity index (χ1v) is 11.9. The normalized spacial score (nSPS) is 17.8. The number of fused-ring (bicyclic) bond motifs is 1. The summed E-state index contributed by atoms with van der Waals surface area (Å²) in [6.07, 6.45) is 5.96. The number of nitriles is 1. The van der Waals surface area contributed by atoms with Crippen LogP contribution in [0.5, 0.6) is 0 Å². The van der Waals surface area contributed by atoms with Crippen molar-refractivity contribution >= 4 is 28.7 Å². The van der Waals surface area contributed by atoms with E-state index >= 15 is 0 Å². The monoisotopic (exact) mass is 476 g/mol. The van der Waals surface area contributed by atoms with Crippen LogP contribution in [0.1, 0.15) is 57.6 Å². The van der Waals surface area contributed by atoms with E-state index in [1.807, 2.05) is 37.5 Å². The molecule has 0 aliphatic heterocycles. The molecule has 2 N–H and O–H groups in total. The highest BCUT2D eigenvalue weighted by molar-refractivity contribution is 5.93. The standard InChI is InChI=1S/C26H29FN6O2/c1-15(2)33-14-30-25-21(27)10-18(11-22(25)33)20-12-23(29-13-16(20)3)32-26(35)17-5-4-6-19(9-17)31-24(34)7-8-28/h10-15,17,19H,4-7,9H2,1-3H3,(H,31,34)(H,29,32,35). The van der Waals surface area contributed by atoms with Crippen LogP contribution in [0.3, 0.4) is 0 Å². The van der Waals surface area contributed by atoms with E-state index in [9.17, 15) is 14.0 Å². The topological polar surface area (TPSA) is 113 Å². The van der Waals surface area contributed by atoms with Crippen LogP contribution in [0.2, 0.25) is 0 Å². The lowest BCUT2D eigenvalue weighted by Crippen LogP contribution is -2.40. The molecule has 2 atom stereocenters. The van der Waals surface area contributed by atoms with Crippen LogP contribution >= 0.6 is 0 Å². The third-order valence-electron chi connectivity index (χ3n) is 6.50. The van der Waals surface area contributed by atoms with Crippen molar-refractivity contribution in [3.05, 3.63) is 42.1 Å². The molecular weight excluding hydrogens is 447 g/mol. The first kappa shape index (κ1) is 24.3. The largest absolute Gasteiger partial charge is 0.352 e. The Morgan fingerprint density at radius 3 is 2.80 bits per heavy atom. The summed E-state index contributed by atoms with van der Waals surface area (Å²) in [5, 5.41) is 14.4. The van der Waals surface area contributed by atoms with Gasteiger partial charge in [-0.1, -0.05) is 6.42 Å². The second-order valence-electron chi connectivity index (χ2n) is 9.41. The number of imidazole rings is 1. The summed E-state index contributed by atoms with van der Waals surface area (Å²) < 4.78 is 16.8. The number of pyridine rings is 1. The number of halogens is 1. The van der Waals surface area contributed by atoms with E-state index in [0.29, 0.717) is 28.8 Å². The van der Waals surface area contributed by atoms with Crippen molar-refractivity contribution in [3.63, 3.8) is 0 Å². The fourth-order valence-electron chi connectivity index (χ4n) is 4.70. The Morgan fingerprint density at radius 1 is 1.26 bits per heavy atom. The molecule has 1 aliphatic carbocycles. The predicted molar refractivity (Wildman–Crippen MR) is 131 cm³/mol. The molecule has 0 radical (unpaired) electrons. The van der Waals surface area contributed by atoms with Crippen molar-refractivity contribution in [2.75, 3.05) is 5.32 Å². The van der Waals surface area contributed by atoms with Gasteiger partial charge in [0.2, 0.25) is 11.8 Å². The molecule has 182 valence electrons. The summed E-state index contributed by atoms with van der Waals surface area (Å²) in [4.78, 5) is 33.3. The Hall–Kier alpha value is -3.80. The van der Waals surface area contributed by atoms with Crippen LogP contribution in [-0.2, 0) is 9.59 Å². The highest BCUT2D eigenvalue weighted by Crippen LogP contribution is 2.31. The van der Waals surface area contributed by atoms with E-state index in [1.165, 1.54) is 6.07 Å². The summed E-state index contributed by atoms with van der Waals surface area (Å²) in [6, 6.07) is 6.98. The lowest BCUT2D eigenvalue weighted by molar-refractivity contribution is -0.124. The fraction of sp³-hybridized carbons (Fsp3) is 0.423. The molecule has 35 heavy (non-hydrogen) atoms. The van der Waals surface area contributed by atoms with Crippen molar-refractivity contribution in [1.82, 2.24) is 19.9 Å². The summed E-state index contributed by atoms with van der Waals surface area (Å²) >= 11 is 0. The van der Waals surface area contributed by atoms with Gasteiger partial charge in [0, 0.05) is 24.2 Å². The van der Waals surface area contributed by atoms with Gasteiger partial charge in [-0.25, -0.2) is 14.4 Å². The number of hydrogen-bond donors (Lipinski definition) is 2. The zero-order chi connectivity index (χ0) is 25.1. The van der Waals surface area contributed by atoms with Crippen molar-refractivity contribution in [2.24, 2.45) is 5.92 Å². The molecule has 0 spiro atoms. The number of nitrogens with zero attached hydrogens (tertiary/aromatic N) is 4. The molecule has 1 fully saturated rings. The van der Waals surface area contributed by atoms with Gasteiger partial charge in [0.05, 0.1) is 17.9 Å². The molecular formula is C26H29FN6O2. The van der Waals surface area contributed by atoms with E-state index in [-0.39, 0.29) is 36.2 Å². The van der Waals surface area contributed by atoms with Crippen molar-refractivity contribution in [1.29, 1.82) is 5.26 Å². The number of aromatic nitrogens is 3. The van der Waals surface area contributed by atoms with Gasteiger partial charge in [-0.05, 0) is 74.9 Å². The molecule has 0 saturated heterocycles. The van der Waals surface area contributed by atoms with Crippen LogP contribution in [0.15, 0.2) is 30.7 Å². The van der Waals surface area contributed by atoms with E-state index in [0.717, 1.165) is 30.4 Å². The molecule has 2 aromatic heterocycles. The predicted octanol–water partition coefficient (Wildman–Crippen LogP) is 4.65. The Morgan fingerprint density at radius 2 is 2.06 bits per heavy atom. The maximum Gasteiger partial charge on any atom is 0.234 e. The zero-order valence-electron chi connectivity index (χ0n) is 20.1. The maximum atomic E-state index is 14.9. The van der Waals surface area contributed by atoms with Gasteiger partial charge in [-0.2, -0.15) is 5.26 Å². The molecule has 1 aliphatic rings. The van der Waals surface area contributed by atoms with E-state index in [4.69, 9.17) is 5.26 Å². The van der Waals surface area contributed by atoms with Crippen LogP contribution in [-0.4, -0.2) is 32.4 Å². The average Bonchev–Trinajstić information content (AvgIpc) is 3.25. The average molecular weight is 477 g/mol. The number of hydrogen-bond acceptors (Lipinski definition) is 5. The van der Waals surface area contributed by atoms with Crippen LogP contribution in [0.4, 0.5) is 10.2 Å². The fourth-order valence-corrected chi connectivity index (χ4v) is 4.70. The molecule has 1 saturated carbocycles. The molecule has 2 unspecified atom stereocenters. The first-order valence-electron chi connectivity index (χ1n) is 11.9. The number of aryl methyl sites for hydroxylation is 1. The molecule has 2 heterocycles. The molecule has 0 bridgehead atoms. The van der Waals surface area contributed by atoms with Gasteiger partial charge in [-0.15, -0.1) is 0 Å². The molecule has 8 nitrogen and oxygen atoms in total. The maximum absolute atomic E-state index is 14.9. The van der Waals surface area contributed by atoms with Crippen LogP contribution < -0.4 is 10.6 Å². The number of carbonyl (C=O) groups is 2. The minimum atomic E-state index is -0.398. The third-order valence-corrected chi connectivity index (χ3v) is 6.50. The number of amides is 2. The number of anilines is 1. The Labute approximate surface area is 203 Å². The first-order chi connectivity index (χ1) is 16.8. The summed E-state index contributed by atoms with van der Waals surface area (Å²) in [5.74, 6) is -0.746. The van der Waals surface area contributed by atoms with Gasteiger partial charge >= 0.3 is 0 Å². The van der Waals surface area contributed by atoms with Crippen molar-refractivity contribution < 1.29 is 14.0 Å². The molecule has 9 heteroatoms. The van der Waals surface area contributed by atoms with Crippen molar-refractivity contribution in [2.45, 2.75) is 65.0 Å². The van der Waals surface area contributed by atoms with Gasteiger partial charge in [0.15, 0.2) is 5.82 Å². The number of benzene rings is 1. The van der Waals surface area contributed by atoms with E-state index in [1.54, 1.807) is 18.6 Å². The second kappa shape index (κ2) is 10.2. The molecule has 3 aromatic rings. The lowest BCUT2D eigenvalue weighted by Gasteiger charge is -2.28. The summed E-state index contributed by atoms with van der Waals surface area (Å²) in [6.45, 7) is 5.93. The smallest absolute Gasteiger partial charge is 0.234 e. The van der Waals surface area contributed by atoms with Gasteiger partial charge in [-0.3, -0.25) is 9.59 Å². The lowest BCUT2D eigenvalue weighted by atomic mass is 9.85.